The molecular weight excluding hydrogens is 218 g/mol. The number of nitrogens with two attached hydrogens (primary N) is 1. The standard InChI is InChI=1S/C12H17N3O2/c1-2-6-15(12(16)17)8-9-4-3-5-10(7-9)11(13)14/h3-5,7H,2,6,8H2,1H3,(H3,13,14)(H,16,17). The fraction of sp³-hybridized carbons (Fsp3) is 0.333. The topological polar surface area (TPSA) is 90.4 Å². The third-order valence-electron chi connectivity index (χ3n) is 2.38. The first-order chi connectivity index (χ1) is 8.04. The van der Waals surface area contributed by atoms with Crippen molar-refractivity contribution in [1.82, 2.24) is 4.90 Å². The number of benzene rings is 1. The third kappa shape index (κ3) is 3.79. The molecule has 0 fully saturated rings. The minimum atomic E-state index is -0.930. The molecule has 5 heteroatoms. The van der Waals surface area contributed by atoms with Gasteiger partial charge >= 0.3 is 6.09 Å². The Balaban J connectivity index is 2.82. The largest absolute Gasteiger partial charge is 0.465 e. The number of nitrogens with zero attached hydrogens (tertiary/aromatic N) is 1. The number of hydrogen-bond acceptors (Lipinski definition) is 2. The van der Waals surface area contributed by atoms with Gasteiger partial charge in [-0.25, -0.2) is 4.79 Å². The third-order valence-corrected chi connectivity index (χ3v) is 2.38. The Labute approximate surface area is 100 Å². The SMILES string of the molecule is CCCN(Cc1cccc(C(=N)N)c1)C(=O)O. The van der Waals surface area contributed by atoms with Crippen molar-refractivity contribution < 1.29 is 9.90 Å². The second-order valence-corrected chi connectivity index (χ2v) is 3.82. The van der Waals surface area contributed by atoms with Gasteiger partial charge in [0.2, 0.25) is 0 Å². The second-order valence-electron chi connectivity index (χ2n) is 3.82. The fourth-order valence-corrected chi connectivity index (χ4v) is 1.57. The van der Waals surface area contributed by atoms with Crippen LogP contribution < -0.4 is 5.73 Å². The summed E-state index contributed by atoms with van der Waals surface area (Å²) in [6.45, 7) is 2.76. The molecule has 0 atom stereocenters. The van der Waals surface area contributed by atoms with E-state index >= 15 is 0 Å². The van der Waals surface area contributed by atoms with E-state index in [0.717, 1.165) is 12.0 Å². The molecule has 1 amide bonds. The first-order valence-corrected chi connectivity index (χ1v) is 5.45. The van der Waals surface area contributed by atoms with Crippen LogP contribution in [-0.4, -0.2) is 28.5 Å². The minimum absolute atomic E-state index is 0.00998. The Morgan fingerprint density at radius 2 is 2.24 bits per heavy atom. The first-order valence-electron chi connectivity index (χ1n) is 5.45. The molecule has 0 aliphatic rings. The van der Waals surface area contributed by atoms with E-state index in [-0.39, 0.29) is 5.84 Å². The Morgan fingerprint density at radius 3 is 2.76 bits per heavy atom. The molecule has 4 N–H and O–H groups in total. The molecule has 1 aromatic carbocycles. The number of amides is 1. The predicted molar refractivity (Wildman–Crippen MR) is 66.2 cm³/mol. The summed E-state index contributed by atoms with van der Waals surface area (Å²) in [7, 11) is 0. The lowest BCUT2D eigenvalue weighted by Crippen LogP contribution is -2.29. The molecule has 92 valence electrons. The molecule has 0 saturated carbocycles. The summed E-state index contributed by atoms with van der Waals surface area (Å²) < 4.78 is 0. The van der Waals surface area contributed by atoms with Crippen LogP contribution in [0, 0.1) is 5.41 Å². The van der Waals surface area contributed by atoms with Crippen molar-refractivity contribution in [2.75, 3.05) is 6.54 Å². The maximum atomic E-state index is 11.0. The van der Waals surface area contributed by atoms with E-state index in [2.05, 4.69) is 0 Å². The molecule has 17 heavy (non-hydrogen) atoms. The average Bonchev–Trinajstić information content (AvgIpc) is 2.28. The van der Waals surface area contributed by atoms with Gasteiger partial charge in [-0.3, -0.25) is 5.41 Å². The van der Waals surface area contributed by atoms with E-state index in [9.17, 15) is 4.79 Å². The van der Waals surface area contributed by atoms with Crippen LogP contribution in [0.25, 0.3) is 0 Å². The van der Waals surface area contributed by atoms with Gasteiger partial charge in [0.05, 0.1) is 0 Å². The van der Waals surface area contributed by atoms with Crippen LogP contribution in [0.5, 0.6) is 0 Å². The van der Waals surface area contributed by atoms with Crippen LogP contribution in [0.1, 0.15) is 24.5 Å². The van der Waals surface area contributed by atoms with Gasteiger partial charge in [0.1, 0.15) is 5.84 Å². The van der Waals surface area contributed by atoms with Gasteiger partial charge in [-0.2, -0.15) is 0 Å². The minimum Gasteiger partial charge on any atom is -0.465 e. The van der Waals surface area contributed by atoms with Crippen molar-refractivity contribution in [1.29, 1.82) is 5.41 Å². The Hall–Kier alpha value is -2.04. The van der Waals surface area contributed by atoms with Crippen molar-refractivity contribution >= 4 is 11.9 Å². The summed E-state index contributed by atoms with van der Waals surface area (Å²) in [5, 5.41) is 16.3. The van der Waals surface area contributed by atoms with Crippen LogP contribution >= 0.6 is 0 Å². The van der Waals surface area contributed by atoms with Crippen molar-refractivity contribution in [2.24, 2.45) is 5.73 Å². The molecule has 0 radical (unpaired) electrons. The summed E-state index contributed by atoms with van der Waals surface area (Å²) in [6, 6.07) is 7.08. The maximum absolute atomic E-state index is 11.0. The molecule has 0 aliphatic carbocycles. The number of amidine groups is 1. The van der Waals surface area contributed by atoms with E-state index < -0.39 is 6.09 Å². The molecule has 0 heterocycles. The molecular formula is C12H17N3O2. The Morgan fingerprint density at radius 1 is 1.53 bits per heavy atom. The summed E-state index contributed by atoms with van der Waals surface area (Å²) >= 11 is 0. The van der Waals surface area contributed by atoms with Gasteiger partial charge in [-0.1, -0.05) is 25.1 Å². The van der Waals surface area contributed by atoms with E-state index in [4.69, 9.17) is 16.2 Å². The first kappa shape index (κ1) is 13.0. The number of carboxylic acid groups (broad SMARTS) is 1. The zero-order chi connectivity index (χ0) is 12.8. The predicted octanol–water partition coefficient (Wildman–Crippen LogP) is 1.86. The van der Waals surface area contributed by atoms with Crippen molar-refractivity contribution in [3.05, 3.63) is 35.4 Å². The molecule has 0 bridgehead atoms. The van der Waals surface area contributed by atoms with Crippen LogP contribution in [0.15, 0.2) is 24.3 Å². The second kappa shape index (κ2) is 5.89. The molecule has 5 nitrogen and oxygen atoms in total. The molecule has 1 aromatic rings. The maximum Gasteiger partial charge on any atom is 0.407 e. The van der Waals surface area contributed by atoms with Crippen molar-refractivity contribution in [2.45, 2.75) is 19.9 Å². The Kier molecular flexibility index (Phi) is 4.51. The Bertz CT molecular complexity index is 418. The molecule has 0 unspecified atom stereocenters. The number of nitrogen functional groups attached to an aromatic ring is 1. The van der Waals surface area contributed by atoms with E-state index in [1.165, 1.54) is 4.90 Å². The van der Waals surface area contributed by atoms with E-state index in [1.807, 2.05) is 13.0 Å². The van der Waals surface area contributed by atoms with Crippen molar-refractivity contribution in [3.63, 3.8) is 0 Å². The zero-order valence-corrected chi connectivity index (χ0v) is 9.81. The number of rotatable bonds is 5. The molecule has 1 rings (SSSR count). The summed E-state index contributed by atoms with van der Waals surface area (Å²) in [6.07, 6.45) is -0.154. The zero-order valence-electron chi connectivity index (χ0n) is 9.81. The normalized spacial score (nSPS) is 9.94. The van der Waals surface area contributed by atoms with Gasteiger partial charge in [-0.05, 0) is 18.1 Å². The molecule has 0 aliphatic heterocycles. The quantitative estimate of drug-likeness (QED) is 0.537. The lowest BCUT2D eigenvalue weighted by molar-refractivity contribution is 0.142. The lowest BCUT2D eigenvalue weighted by Gasteiger charge is -2.18. The van der Waals surface area contributed by atoms with E-state index in [0.29, 0.717) is 18.7 Å². The van der Waals surface area contributed by atoms with Crippen LogP contribution in [-0.2, 0) is 6.54 Å². The highest BCUT2D eigenvalue weighted by Crippen LogP contribution is 2.08. The van der Waals surface area contributed by atoms with Gasteiger partial charge in [0, 0.05) is 18.7 Å². The van der Waals surface area contributed by atoms with E-state index in [1.54, 1.807) is 18.2 Å². The highest BCUT2D eigenvalue weighted by Gasteiger charge is 2.11. The fourth-order valence-electron chi connectivity index (χ4n) is 1.57. The van der Waals surface area contributed by atoms with Gasteiger partial charge in [-0.15, -0.1) is 0 Å². The van der Waals surface area contributed by atoms with Gasteiger partial charge in [0.25, 0.3) is 0 Å². The number of nitrogens with one attached hydrogen (secondary N) is 1. The number of carbonyl (C=O) groups is 1. The average molecular weight is 235 g/mol. The molecule has 0 saturated heterocycles. The summed E-state index contributed by atoms with van der Waals surface area (Å²) in [4.78, 5) is 12.3. The van der Waals surface area contributed by atoms with Crippen LogP contribution in [0.2, 0.25) is 0 Å². The van der Waals surface area contributed by atoms with Crippen LogP contribution in [0.3, 0.4) is 0 Å². The summed E-state index contributed by atoms with van der Waals surface area (Å²) in [5.74, 6) is -0.00998. The van der Waals surface area contributed by atoms with Crippen LogP contribution in [0.4, 0.5) is 4.79 Å². The monoisotopic (exact) mass is 235 g/mol. The highest BCUT2D eigenvalue weighted by atomic mass is 16.4. The van der Waals surface area contributed by atoms with Gasteiger partial charge < -0.3 is 15.7 Å². The smallest absolute Gasteiger partial charge is 0.407 e. The molecule has 0 spiro atoms. The van der Waals surface area contributed by atoms with Crippen molar-refractivity contribution in [3.8, 4) is 0 Å². The number of hydrogen-bond donors (Lipinski definition) is 3. The van der Waals surface area contributed by atoms with Gasteiger partial charge in [0.15, 0.2) is 0 Å². The molecule has 0 aromatic heterocycles. The lowest BCUT2D eigenvalue weighted by atomic mass is 10.1. The highest BCUT2D eigenvalue weighted by molar-refractivity contribution is 5.95. The summed E-state index contributed by atoms with van der Waals surface area (Å²) in [5.41, 5.74) is 6.84.